The van der Waals surface area contributed by atoms with Crippen molar-refractivity contribution in [2.24, 2.45) is 0 Å². The molecule has 0 saturated carbocycles. The first-order valence-electron chi connectivity index (χ1n) is 7.52. The van der Waals surface area contributed by atoms with E-state index in [4.69, 9.17) is 9.47 Å². The molecule has 1 aromatic rings. The van der Waals surface area contributed by atoms with Crippen molar-refractivity contribution in [3.63, 3.8) is 0 Å². The number of ether oxygens (including phenoxy) is 2. The molecular weight excluding hydrogens is 284 g/mol. The zero-order valence-corrected chi connectivity index (χ0v) is 13.9. The van der Waals surface area contributed by atoms with Gasteiger partial charge in [0, 0.05) is 18.8 Å². The maximum atomic E-state index is 12.6. The van der Waals surface area contributed by atoms with E-state index in [9.17, 15) is 9.59 Å². The second kappa shape index (κ2) is 6.62. The van der Waals surface area contributed by atoms with Crippen molar-refractivity contribution in [1.29, 1.82) is 0 Å². The fraction of sp³-hybridized carbons (Fsp3) is 0.625. The minimum atomic E-state index is -0.418. The Morgan fingerprint density at radius 2 is 1.86 bits per heavy atom. The number of hydrogen-bond donors (Lipinski definition) is 1. The molecule has 6 heteroatoms. The largest absolute Gasteiger partial charge is 0.465 e. The first-order valence-corrected chi connectivity index (χ1v) is 7.52. The van der Waals surface area contributed by atoms with Crippen LogP contribution in [0.1, 0.15) is 46.0 Å². The minimum Gasteiger partial charge on any atom is -0.465 e. The van der Waals surface area contributed by atoms with Gasteiger partial charge in [-0.15, -0.1) is 0 Å². The summed E-state index contributed by atoms with van der Waals surface area (Å²) in [5.74, 6) is -0.434. The van der Waals surface area contributed by atoms with Gasteiger partial charge in [0.1, 0.15) is 0 Å². The fourth-order valence-corrected chi connectivity index (χ4v) is 3.13. The van der Waals surface area contributed by atoms with Crippen molar-refractivity contribution < 1.29 is 19.1 Å². The number of ketones is 1. The van der Waals surface area contributed by atoms with Crippen LogP contribution >= 0.6 is 0 Å². The third kappa shape index (κ3) is 3.39. The predicted molar refractivity (Wildman–Crippen MR) is 82.4 cm³/mol. The average Bonchev–Trinajstić information content (AvgIpc) is 2.72. The molecule has 1 aromatic heterocycles. The van der Waals surface area contributed by atoms with E-state index in [-0.39, 0.29) is 18.0 Å². The molecule has 122 valence electrons. The quantitative estimate of drug-likeness (QED) is 0.677. The van der Waals surface area contributed by atoms with Crippen LogP contribution in [0.25, 0.3) is 0 Å². The van der Waals surface area contributed by atoms with E-state index in [1.807, 2.05) is 13.8 Å². The molecule has 6 nitrogen and oxygen atoms in total. The van der Waals surface area contributed by atoms with Gasteiger partial charge < -0.3 is 14.5 Å². The molecule has 0 aromatic carbocycles. The summed E-state index contributed by atoms with van der Waals surface area (Å²) in [5.41, 5.74) is 2.26. The Balaban J connectivity index is 2.15. The van der Waals surface area contributed by atoms with Gasteiger partial charge in [0.05, 0.1) is 37.1 Å². The number of H-pyrrole nitrogens is 1. The number of Topliss-reactive ketones (excluding diaryl/α,β-unsaturated/α-hetero) is 1. The average molecular weight is 308 g/mol. The molecule has 0 spiro atoms. The molecule has 1 aliphatic heterocycles. The highest BCUT2D eigenvalue weighted by molar-refractivity contribution is 6.02. The second-order valence-corrected chi connectivity index (χ2v) is 5.99. The molecule has 1 N–H and O–H groups in total. The summed E-state index contributed by atoms with van der Waals surface area (Å²) in [6, 6.07) is 0. The standard InChI is InChI=1S/C16H24N2O4/c1-9-6-18(7-10(2)22-9)8-13(19)15-11(3)14(12(4)17-15)16(20)21-5/h9-10,17H,6-8H2,1-5H3/t9-,10-/m1/s1. The van der Waals surface area contributed by atoms with Crippen LogP contribution in [0.2, 0.25) is 0 Å². The van der Waals surface area contributed by atoms with E-state index in [1.54, 1.807) is 13.8 Å². The van der Waals surface area contributed by atoms with Crippen molar-refractivity contribution in [3.05, 3.63) is 22.5 Å². The first kappa shape index (κ1) is 16.7. The van der Waals surface area contributed by atoms with E-state index < -0.39 is 5.97 Å². The molecule has 0 amide bonds. The van der Waals surface area contributed by atoms with Crippen LogP contribution in [-0.2, 0) is 9.47 Å². The lowest BCUT2D eigenvalue weighted by Crippen LogP contribution is -2.47. The summed E-state index contributed by atoms with van der Waals surface area (Å²) in [4.78, 5) is 29.5. The lowest BCUT2D eigenvalue weighted by Gasteiger charge is -2.34. The van der Waals surface area contributed by atoms with Crippen LogP contribution in [0, 0.1) is 13.8 Å². The Morgan fingerprint density at radius 1 is 1.27 bits per heavy atom. The Kier molecular flexibility index (Phi) is 5.03. The van der Waals surface area contributed by atoms with Crippen LogP contribution in [0.3, 0.4) is 0 Å². The van der Waals surface area contributed by atoms with Gasteiger partial charge in [-0.05, 0) is 33.3 Å². The van der Waals surface area contributed by atoms with Crippen LogP contribution < -0.4 is 0 Å². The molecule has 0 aliphatic carbocycles. The minimum absolute atomic E-state index is 0.0166. The van der Waals surface area contributed by atoms with Gasteiger partial charge in [0.2, 0.25) is 0 Å². The lowest BCUT2D eigenvalue weighted by atomic mass is 10.1. The van der Waals surface area contributed by atoms with Gasteiger partial charge in [0.15, 0.2) is 5.78 Å². The molecule has 0 bridgehead atoms. The van der Waals surface area contributed by atoms with Crippen molar-refractivity contribution >= 4 is 11.8 Å². The molecule has 2 atom stereocenters. The Labute approximate surface area is 130 Å². The number of methoxy groups -OCH3 is 1. The summed E-state index contributed by atoms with van der Waals surface area (Å²) >= 11 is 0. The number of rotatable bonds is 4. The van der Waals surface area contributed by atoms with Gasteiger partial charge in [-0.2, -0.15) is 0 Å². The number of aromatic amines is 1. The van der Waals surface area contributed by atoms with Crippen molar-refractivity contribution in [2.45, 2.75) is 39.9 Å². The maximum absolute atomic E-state index is 12.6. The second-order valence-electron chi connectivity index (χ2n) is 5.99. The number of carbonyl (C=O) groups excluding carboxylic acids is 2. The molecule has 1 saturated heterocycles. The van der Waals surface area contributed by atoms with Crippen LogP contribution in [0.5, 0.6) is 0 Å². The van der Waals surface area contributed by atoms with Crippen molar-refractivity contribution in [2.75, 3.05) is 26.7 Å². The van der Waals surface area contributed by atoms with Crippen molar-refractivity contribution in [1.82, 2.24) is 9.88 Å². The highest BCUT2D eigenvalue weighted by Gasteiger charge is 2.27. The molecule has 2 rings (SSSR count). The zero-order chi connectivity index (χ0) is 16.4. The first-order chi connectivity index (χ1) is 10.3. The predicted octanol–water partition coefficient (Wildman–Crippen LogP) is 1.71. The number of morpholine rings is 1. The lowest BCUT2D eigenvalue weighted by molar-refractivity contribution is -0.0652. The number of esters is 1. The zero-order valence-electron chi connectivity index (χ0n) is 13.9. The number of hydrogen-bond acceptors (Lipinski definition) is 5. The monoisotopic (exact) mass is 308 g/mol. The number of aromatic nitrogens is 1. The molecule has 1 fully saturated rings. The Hall–Kier alpha value is -1.66. The normalized spacial score (nSPS) is 22.6. The third-order valence-electron chi connectivity index (χ3n) is 3.97. The molecular formula is C16H24N2O4. The summed E-state index contributed by atoms with van der Waals surface area (Å²) in [6.45, 7) is 9.35. The highest BCUT2D eigenvalue weighted by Crippen LogP contribution is 2.20. The van der Waals surface area contributed by atoms with Gasteiger partial charge in [-0.3, -0.25) is 9.69 Å². The van der Waals surface area contributed by atoms with Gasteiger partial charge in [-0.1, -0.05) is 0 Å². The topological polar surface area (TPSA) is 71.6 Å². The molecule has 2 heterocycles. The molecule has 0 radical (unpaired) electrons. The summed E-state index contributed by atoms with van der Waals surface area (Å²) in [7, 11) is 1.34. The fourth-order valence-electron chi connectivity index (χ4n) is 3.13. The molecule has 22 heavy (non-hydrogen) atoms. The van der Waals surface area contributed by atoms with E-state index in [2.05, 4.69) is 9.88 Å². The van der Waals surface area contributed by atoms with E-state index >= 15 is 0 Å². The summed E-state index contributed by atoms with van der Waals surface area (Å²) < 4.78 is 10.4. The summed E-state index contributed by atoms with van der Waals surface area (Å²) in [6.07, 6.45) is 0.238. The number of aryl methyl sites for hydroxylation is 1. The Morgan fingerprint density at radius 3 is 2.41 bits per heavy atom. The number of carbonyl (C=O) groups is 2. The highest BCUT2D eigenvalue weighted by atomic mass is 16.5. The van der Waals surface area contributed by atoms with Crippen LogP contribution in [0.15, 0.2) is 0 Å². The maximum Gasteiger partial charge on any atom is 0.339 e. The Bertz CT molecular complexity index is 569. The van der Waals surface area contributed by atoms with E-state index in [0.29, 0.717) is 29.1 Å². The SMILES string of the molecule is COC(=O)c1c(C)[nH]c(C(=O)CN2C[C@@H](C)O[C@H](C)C2)c1C. The third-order valence-corrected chi connectivity index (χ3v) is 3.97. The van der Waals surface area contributed by atoms with Crippen LogP contribution in [0.4, 0.5) is 0 Å². The molecule has 1 aliphatic rings. The van der Waals surface area contributed by atoms with E-state index in [0.717, 1.165) is 13.1 Å². The summed E-state index contributed by atoms with van der Waals surface area (Å²) in [5, 5.41) is 0. The molecule has 0 unspecified atom stereocenters. The smallest absolute Gasteiger partial charge is 0.339 e. The number of nitrogens with zero attached hydrogens (tertiary/aromatic N) is 1. The van der Waals surface area contributed by atoms with Gasteiger partial charge in [0.25, 0.3) is 0 Å². The van der Waals surface area contributed by atoms with Crippen molar-refractivity contribution in [3.8, 4) is 0 Å². The number of nitrogens with one attached hydrogen (secondary N) is 1. The van der Waals surface area contributed by atoms with Gasteiger partial charge >= 0.3 is 5.97 Å². The van der Waals surface area contributed by atoms with E-state index in [1.165, 1.54) is 7.11 Å². The van der Waals surface area contributed by atoms with Crippen LogP contribution in [-0.4, -0.2) is 60.6 Å². The van der Waals surface area contributed by atoms with Gasteiger partial charge in [-0.25, -0.2) is 4.79 Å².